The molecule has 0 atom stereocenters. The molecule has 7 nitrogen and oxygen atoms in total. The van der Waals surface area contributed by atoms with E-state index in [4.69, 9.17) is 24.4 Å². The quantitative estimate of drug-likeness (QED) is 0.454. The summed E-state index contributed by atoms with van der Waals surface area (Å²) >= 11 is 0. The van der Waals surface area contributed by atoms with Crippen molar-refractivity contribution in [2.24, 2.45) is 0 Å². The van der Waals surface area contributed by atoms with E-state index in [9.17, 15) is 0 Å². The minimum Gasteiger partial charge on any atom is -0.493 e. The Hall–Kier alpha value is -3.87. The van der Waals surface area contributed by atoms with Gasteiger partial charge in [0.05, 0.1) is 21.3 Å². The van der Waals surface area contributed by atoms with Crippen LogP contribution in [0.3, 0.4) is 0 Å². The van der Waals surface area contributed by atoms with E-state index in [0.29, 0.717) is 40.2 Å². The van der Waals surface area contributed by atoms with Crippen molar-refractivity contribution in [3.05, 3.63) is 54.6 Å². The number of aromatic nitrogens is 1. The minimum absolute atomic E-state index is 0.344. The first kappa shape index (κ1) is 18.5. The standard InChI is InChI=1S/C22H21N3O4/c1-26-18-11-13(12-19(27-2)21(18)28-3)24-22-25-17-10-6-8-15(20(17)29-22)14-7-4-5-9-16(14)23/h4-12H,23H2,1-3H3,(H,24,25). The van der Waals surface area contributed by atoms with E-state index in [1.54, 1.807) is 33.5 Å². The van der Waals surface area contributed by atoms with E-state index in [0.717, 1.165) is 16.6 Å². The Balaban J connectivity index is 1.75. The number of fused-ring (bicyclic) bond motifs is 1. The summed E-state index contributed by atoms with van der Waals surface area (Å²) in [7, 11) is 4.69. The molecule has 0 aliphatic heterocycles. The molecule has 148 valence electrons. The molecule has 0 amide bonds. The average molecular weight is 391 g/mol. The molecular formula is C22H21N3O4. The lowest BCUT2D eigenvalue weighted by Gasteiger charge is -2.14. The van der Waals surface area contributed by atoms with Crippen LogP contribution in [0.2, 0.25) is 0 Å². The number of nitrogens with zero attached hydrogens (tertiary/aromatic N) is 1. The number of hydrogen-bond donors (Lipinski definition) is 2. The molecular weight excluding hydrogens is 370 g/mol. The van der Waals surface area contributed by atoms with Crippen LogP contribution in [0.25, 0.3) is 22.2 Å². The van der Waals surface area contributed by atoms with Gasteiger partial charge in [0.25, 0.3) is 6.01 Å². The fourth-order valence-corrected chi connectivity index (χ4v) is 3.23. The molecule has 4 rings (SSSR count). The Morgan fingerprint density at radius 1 is 0.862 bits per heavy atom. The predicted molar refractivity (Wildman–Crippen MR) is 113 cm³/mol. The van der Waals surface area contributed by atoms with Crippen molar-refractivity contribution in [3.8, 4) is 28.4 Å². The van der Waals surface area contributed by atoms with Gasteiger partial charge in [0.2, 0.25) is 5.75 Å². The number of hydrogen-bond acceptors (Lipinski definition) is 7. The van der Waals surface area contributed by atoms with Crippen LogP contribution in [-0.2, 0) is 0 Å². The summed E-state index contributed by atoms with van der Waals surface area (Å²) in [6.45, 7) is 0. The lowest BCUT2D eigenvalue weighted by molar-refractivity contribution is 0.324. The average Bonchev–Trinajstić information content (AvgIpc) is 3.15. The zero-order chi connectivity index (χ0) is 20.4. The number of anilines is 3. The highest BCUT2D eigenvalue weighted by molar-refractivity contribution is 5.94. The third kappa shape index (κ3) is 3.38. The fraction of sp³-hybridized carbons (Fsp3) is 0.136. The number of oxazole rings is 1. The SMILES string of the molecule is COc1cc(Nc2nc3cccc(-c4ccccc4N)c3o2)cc(OC)c1OC. The normalized spacial score (nSPS) is 10.7. The molecule has 0 aliphatic carbocycles. The highest BCUT2D eigenvalue weighted by Gasteiger charge is 2.16. The first-order chi connectivity index (χ1) is 14.1. The van der Waals surface area contributed by atoms with Gasteiger partial charge in [0.1, 0.15) is 5.52 Å². The van der Waals surface area contributed by atoms with E-state index in [1.807, 2.05) is 42.5 Å². The van der Waals surface area contributed by atoms with Crippen molar-refractivity contribution in [2.45, 2.75) is 0 Å². The van der Waals surface area contributed by atoms with E-state index < -0.39 is 0 Å². The smallest absolute Gasteiger partial charge is 0.300 e. The van der Waals surface area contributed by atoms with Gasteiger partial charge in [-0.05, 0) is 12.1 Å². The Kier molecular flexibility index (Phi) is 4.87. The van der Waals surface area contributed by atoms with Crippen molar-refractivity contribution in [1.82, 2.24) is 4.98 Å². The maximum Gasteiger partial charge on any atom is 0.300 e. The molecule has 1 aromatic heterocycles. The third-order valence-electron chi connectivity index (χ3n) is 4.58. The van der Waals surface area contributed by atoms with Crippen LogP contribution in [0.15, 0.2) is 59.0 Å². The highest BCUT2D eigenvalue weighted by atomic mass is 16.5. The second kappa shape index (κ2) is 7.63. The van der Waals surface area contributed by atoms with Crippen LogP contribution >= 0.6 is 0 Å². The van der Waals surface area contributed by atoms with Gasteiger partial charge in [-0.1, -0.05) is 30.3 Å². The lowest BCUT2D eigenvalue weighted by atomic mass is 10.0. The number of rotatable bonds is 6. The maximum absolute atomic E-state index is 6.15. The molecule has 0 saturated carbocycles. The van der Waals surface area contributed by atoms with Gasteiger partial charge in [0, 0.05) is 34.6 Å². The van der Waals surface area contributed by atoms with Crippen molar-refractivity contribution >= 4 is 28.5 Å². The summed E-state index contributed by atoms with van der Waals surface area (Å²) in [6.07, 6.45) is 0. The number of para-hydroxylation sites is 2. The second-order valence-corrected chi connectivity index (χ2v) is 6.30. The van der Waals surface area contributed by atoms with E-state index >= 15 is 0 Å². The third-order valence-corrected chi connectivity index (χ3v) is 4.58. The summed E-state index contributed by atoms with van der Waals surface area (Å²) in [5, 5.41) is 3.16. The minimum atomic E-state index is 0.344. The summed E-state index contributed by atoms with van der Waals surface area (Å²) in [4.78, 5) is 4.55. The fourth-order valence-electron chi connectivity index (χ4n) is 3.23. The van der Waals surface area contributed by atoms with Gasteiger partial charge in [-0.3, -0.25) is 0 Å². The van der Waals surface area contributed by atoms with Crippen LogP contribution in [0.4, 0.5) is 17.4 Å². The largest absolute Gasteiger partial charge is 0.493 e. The van der Waals surface area contributed by atoms with Gasteiger partial charge >= 0.3 is 0 Å². The molecule has 3 aromatic carbocycles. The van der Waals surface area contributed by atoms with E-state index in [-0.39, 0.29) is 0 Å². The van der Waals surface area contributed by atoms with Crippen molar-refractivity contribution < 1.29 is 18.6 Å². The summed E-state index contributed by atoms with van der Waals surface area (Å²) < 4.78 is 22.2. The van der Waals surface area contributed by atoms with Crippen molar-refractivity contribution in [1.29, 1.82) is 0 Å². The summed E-state index contributed by atoms with van der Waals surface area (Å²) in [6, 6.07) is 17.3. The maximum atomic E-state index is 6.15. The molecule has 0 saturated heterocycles. The van der Waals surface area contributed by atoms with Gasteiger partial charge in [-0.25, -0.2) is 0 Å². The van der Waals surface area contributed by atoms with E-state index in [2.05, 4.69) is 10.3 Å². The molecule has 3 N–H and O–H groups in total. The first-order valence-electron chi connectivity index (χ1n) is 8.96. The van der Waals surface area contributed by atoms with Crippen molar-refractivity contribution in [2.75, 3.05) is 32.4 Å². The van der Waals surface area contributed by atoms with Crippen LogP contribution in [0.5, 0.6) is 17.2 Å². The molecule has 29 heavy (non-hydrogen) atoms. The van der Waals surface area contributed by atoms with Gasteiger partial charge in [-0.15, -0.1) is 0 Å². The number of nitrogens with two attached hydrogens (primary N) is 1. The van der Waals surface area contributed by atoms with Crippen LogP contribution < -0.4 is 25.3 Å². The molecule has 7 heteroatoms. The van der Waals surface area contributed by atoms with Crippen LogP contribution in [0.1, 0.15) is 0 Å². The molecule has 0 spiro atoms. The monoisotopic (exact) mass is 391 g/mol. The first-order valence-corrected chi connectivity index (χ1v) is 8.96. The topological polar surface area (TPSA) is 91.8 Å². The molecule has 0 bridgehead atoms. The van der Waals surface area contributed by atoms with Gasteiger partial charge in [0.15, 0.2) is 17.1 Å². The second-order valence-electron chi connectivity index (χ2n) is 6.30. The molecule has 0 aliphatic rings. The summed E-state index contributed by atoms with van der Waals surface area (Å²) in [5.41, 5.74) is 10.7. The highest BCUT2D eigenvalue weighted by Crippen LogP contribution is 2.41. The Bertz CT molecular complexity index is 1140. The summed E-state index contributed by atoms with van der Waals surface area (Å²) in [5.74, 6) is 1.58. The number of nitrogen functional groups attached to an aromatic ring is 1. The predicted octanol–water partition coefficient (Wildman–Crippen LogP) is 4.85. The van der Waals surface area contributed by atoms with Crippen LogP contribution in [0, 0.1) is 0 Å². The molecule has 4 aromatic rings. The van der Waals surface area contributed by atoms with Gasteiger partial charge < -0.3 is 29.7 Å². The van der Waals surface area contributed by atoms with E-state index in [1.165, 1.54) is 0 Å². The zero-order valence-corrected chi connectivity index (χ0v) is 16.4. The Morgan fingerprint density at radius 2 is 1.55 bits per heavy atom. The molecule has 1 heterocycles. The molecule has 0 fully saturated rings. The van der Waals surface area contributed by atoms with Crippen molar-refractivity contribution in [3.63, 3.8) is 0 Å². The number of methoxy groups -OCH3 is 3. The Labute approximate surface area is 168 Å². The molecule has 0 unspecified atom stereocenters. The number of nitrogens with one attached hydrogen (secondary N) is 1. The molecule has 0 radical (unpaired) electrons. The van der Waals surface area contributed by atoms with Crippen LogP contribution in [-0.4, -0.2) is 26.3 Å². The lowest BCUT2D eigenvalue weighted by Crippen LogP contribution is -1.97. The number of benzene rings is 3. The Morgan fingerprint density at radius 3 is 2.21 bits per heavy atom. The zero-order valence-electron chi connectivity index (χ0n) is 16.4. The van der Waals surface area contributed by atoms with Gasteiger partial charge in [-0.2, -0.15) is 4.98 Å². The number of ether oxygens (including phenoxy) is 3.